The molecule has 0 aromatic carbocycles. The van der Waals surface area contributed by atoms with Gasteiger partial charge in [0.1, 0.15) is 0 Å². The monoisotopic (exact) mass is 217 g/mol. The van der Waals surface area contributed by atoms with Crippen LogP contribution < -0.4 is 11.1 Å². The van der Waals surface area contributed by atoms with Gasteiger partial charge in [0.15, 0.2) is 0 Å². The molecule has 0 aliphatic carbocycles. The van der Waals surface area contributed by atoms with Crippen molar-refractivity contribution in [3.63, 3.8) is 0 Å². The number of nitrogens with zero attached hydrogens (tertiary/aromatic N) is 1. The van der Waals surface area contributed by atoms with Crippen LogP contribution >= 0.6 is 0 Å². The van der Waals surface area contributed by atoms with Crippen molar-refractivity contribution in [1.82, 2.24) is 10.2 Å². The lowest BCUT2D eigenvalue weighted by Crippen LogP contribution is -2.42. The number of nitrogens with two attached hydrogens (primary N) is 1. The van der Waals surface area contributed by atoms with E-state index in [-0.39, 0.29) is 11.9 Å². The predicted molar refractivity (Wildman–Crippen MR) is 60.6 cm³/mol. The van der Waals surface area contributed by atoms with Gasteiger partial charge in [-0.15, -0.1) is 0 Å². The summed E-state index contributed by atoms with van der Waals surface area (Å²) >= 11 is 0. The van der Waals surface area contributed by atoms with E-state index in [4.69, 9.17) is 10.5 Å². The van der Waals surface area contributed by atoms with Gasteiger partial charge in [0, 0.05) is 32.8 Å². The highest BCUT2D eigenvalue weighted by Crippen LogP contribution is 1.91. The van der Waals surface area contributed by atoms with E-state index >= 15 is 0 Å². The van der Waals surface area contributed by atoms with Gasteiger partial charge in [-0.05, 0) is 20.4 Å². The number of amides is 1. The van der Waals surface area contributed by atoms with E-state index in [1.54, 1.807) is 7.11 Å². The number of hydrogen-bond acceptors (Lipinski definition) is 4. The van der Waals surface area contributed by atoms with Crippen molar-refractivity contribution >= 4 is 5.91 Å². The third kappa shape index (κ3) is 7.30. The average molecular weight is 217 g/mol. The summed E-state index contributed by atoms with van der Waals surface area (Å²) in [5.74, 6) is 0.0360. The smallest absolute Gasteiger partial charge is 0.234 e. The fourth-order valence-electron chi connectivity index (χ4n) is 1.06. The number of hydrogen-bond donors (Lipinski definition) is 2. The normalized spacial score (nSPS) is 12.9. The molecule has 0 aromatic rings. The van der Waals surface area contributed by atoms with Crippen LogP contribution in [0.4, 0.5) is 0 Å². The van der Waals surface area contributed by atoms with Crippen LogP contribution in [0, 0.1) is 0 Å². The van der Waals surface area contributed by atoms with Crippen LogP contribution in [-0.4, -0.2) is 57.2 Å². The van der Waals surface area contributed by atoms with Gasteiger partial charge in [-0.25, -0.2) is 0 Å². The lowest BCUT2D eigenvalue weighted by molar-refractivity contribution is -0.122. The molecular formula is C10H23N3O2. The number of ether oxygens (including phenoxy) is 1. The number of carbonyl (C=O) groups is 1. The molecule has 0 aliphatic rings. The Balaban J connectivity index is 3.55. The van der Waals surface area contributed by atoms with Gasteiger partial charge in [0.25, 0.3) is 0 Å². The van der Waals surface area contributed by atoms with Crippen molar-refractivity contribution in [3.8, 4) is 0 Å². The lowest BCUT2D eigenvalue weighted by Gasteiger charge is -2.22. The first-order valence-corrected chi connectivity index (χ1v) is 5.27. The molecule has 1 atom stereocenters. The summed E-state index contributed by atoms with van der Waals surface area (Å²) in [5, 5.41) is 2.83. The van der Waals surface area contributed by atoms with Gasteiger partial charge >= 0.3 is 0 Å². The van der Waals surface area contributed by atoms with E-state index in [9.17, 15) is 4.79 Å². The van der Waals surface area contributed by atoms with Gasteiger partial charge in [0.05, 0.1) is 6.54 Å². The Morgan fingerprint density at radius 1 is 1.60 bits per heavy atom. The molecule has 3 N–H and O–H groups in total. The van der Waals surface area contributed by atoms with Crippen molar-refractivity contribution < 1.29 is 9.53 Å². The molecule has 0 radical (unpaired) electrons. The molecule has 0 heterocycles. The summed E-state index contributed by atoms with van der Waals surface area (Å²) in [6.07, 6.45) is 0.846. The van der Waals surface area contributed by atoms with Crippen LogP contribution in [0.25, 0.3) is 0 Å². The lowest BCUT2D eigenvalue weighted by atomic mass is 10.3. The third-order valence-electron chi connectivity index (χ3n) is 2.33. The summed E-state index contributed by atoms with van der Waals surface area (Å²) in [7, 11) is 3.55. The number of methoxy groups -OCH3 is 1. The number of rotatable bonds is 8. The Bertz CT molecular complexity index is 176. The Labute approximate surface area is 91.9 Å². The van der Waals surface area contributed by atoms with Gasteiger partial charge in [-0.2, -0.15) is 0 Å². The Hall–Kier alpha value is -0.650. The summed E-state index contributed by atoms with van der Waals surface area (Å²) in [6.45, 7) is 4.30. The zero-order valence-corrected chi connectivity index (χ0v) is 9.95. The van der Waals surface area contributed by atoms with Crippen molar-refractivity contribution in [2.24, 2.45) is 5.73 Å². The minimum Gasteiger partial charge on any atom is -0.385 e. The van der Waals surface area contributed by atoms with Gasteiger partial charge in [0.2, 0.25) is 5.91 Å². The molecule has 0 saturated carbocycles. The zero-order chi connectivity index (χ0) is 11.7. The summed E-state index contributed by atoms with van der Waals surface area (Å²) < 4.78 is 4.88. The molecule has 90 valence electrons. The molecule has 0 rings (SSSR count). The van der Waals surface area contributed by atoms with Crippen molar-refractivity contribution in [2.75, 3.05) is 40.4 Å². The average Bonchev–Trinajstić information content (AvgIpc) is 2.23. The molecule has 0 saturated heterocycles. The highest BCUT2D eigenvalue weighted by molar-refractivity contribution is 5.77. The SMILES string of the molecule is COCCCNC(=O)CN(C)C(C)CN. The second-order valence-electron chi connectivity index (χ2n) is 3.70. The van der Waals surface area contributed by atoms with E-state index in [0.717, 1.165) is 6.42 Å². The topological polar surface area (TPSA) is 67.6 Å². The molecule has 1 unspecified atom stereocenters. The van der Waals surface area contributed by atoms with Crippen LogP contribution in [0.15, 0.2) is 0 Å². The first-order chi connectivity index (χ1) is 7.11. The van der Waals surface area contributed by atoms with E-state index in [1.807, 2.05) is 18.9 Å². The molecule has 5 heteroatoms. The second-order valence-corrected chi connectivity index (χ2v) is 3.70. The number of carbonyl (C=O) groups excluding carboxylic acids is 1. The third-order valence-corrected chi connectivity index (χ3v) is 2.33. The van der Waals surface area contributed by atoms with Crippen LogP contribution in [0.1, 0.15) is 13.3 Å². The molecule has 0 aliphatic heterocycles. The Kier molecular flexibility index (Phi) is 8.27. The number of likely N-dealkylation sites (N-methyl/N-ethyl adjacent to an activating group) is 1. The van der Waals surface area contributed by atoms with Crippen molar-refractivity contribution in [1.29, 1.82) is 0 Å². The molecule has 0 aromatic heterocycles. The maximum absolute atomic E-state index is 11.4. The molecule has 0 bridgehead atoms. The van der Waals surface area contributed by atoms with Crippen molar-refractivity contribution in [2.45, 2.75) is 19.4 Å². The fraction of sp³-hybridized carbons (Fsp3) is 0.900. The Morgan fingerprint density at radius 3 is 2.80 bits per heavy atom. The van der Waals surface area contributed by atoms with Gasteiger partial charge in [-0.3, -0.25) is 9.69 Å². The molecule has 5 nitrogen and oxygen atoms in total. The van der Waals surface area contributed by atoms with E-state index in [1.165, 1.54) is 0 Å². The van der Waals surface area contributed by atoms with Crippen LogP contribution in [0.2, 0.25) is 0 Å². The van der Waals surface area contributed by atoms with Crippen LogP contribution in [0.5, 0.6) is 0 Å². The Morgan fingerprint density at radius 2 is 2.27 bits per heavy atom. The van der Waals surface area contributed by atoms with E-state index in [2.05, 4.69) is 5.32 Å². The molecule has 1 amide bonds. The molecule has 0 fully saturated rings. The number of nitrogens with one attached hydrogen (secondary N) is 1. The standard InChI is InChI=1S/C10H23N3O2/c1-9(7-11)13(2)8-10(14)12-5-4-6-15-3/h9H,4-8,11H2,1-3H3,(H,12,14). The summed E-state index contributed by atoms with van der Waals surface area (Å²) in [6, 6.07) is 0.231. The van der Waals surface area contributed by atoms with Gasteiger partial charge < -0.3 is 15.8 Å². The summed E-state index contributed by atoms with van der Waals surface area (Å²) in [4.78, 5) is 13.3. The first-order valence-electron chi connectivity index (χ1n) is 5.27. The van der Waals surface area contributed by atoms with Gasteiger partial charge in [-0.1, -0.05) is 0 Å². The zero-order valence-electron chi connectivity index (χ0n) is 9.95. The van der Waals surface area contributed by atoms with E-state index < -0.39 is 0 Å². The van der Waals surface area contributed by atoms with Crippen LogP contribution in [0.3, 0.4) is 0 Å². The second kappa shape index (κ2) is 8.64. The largest absolute Gasteiger partial charge is 0.385 e. The first kappa shape index (κ1) is 14.3. The molecule has 15 heavy (non-hydrogen) atoms. The maximum Gasteiger partial charge on any atom is 0.234 e. The molecule has 0 spiro atoms. The molecular weight excluding hydrogens is 194 g/mol. The highest BCUT2D eigenvalue weighted by atomic mass is 16.5. The minimum absolute atomic E-state index is 0.0360. The highest BCUT2D eigenvalue weighted by Gasteiger charge is 2.10. The fourth-order valence-corrected chi connectivity index (χ4v) is 1.06. The van der Waals surface area contributed by atoms with E-state index in [0.29, 0.717) is 26.2 Å². The minimum atomic E-state index is 0.0360. The summed E-state index contributed by atoms with van der Waals surface area (Å²) in [5.41, 5.74) is 5.50. The quantitative estimate of drug-likeness (QED) is 0.534. The van der Waals surface area contributed by atoms with Crippen LogP contribution in [-0.2, 0) is 9.53 Å². The predicted octanol–water partition coefficient (Wildman–Crippen LogP) is -0.582. The maximum atomic E-state index is 11.4. The van der Waals surface area contributed by atoms with Crippen molar-refractivity contribution in [3.05, 3.63) is 0 Å².